The highest BCUT2D eigenvalue weighted by Gasteiger charge is 2.05. The van der Waals surface area contributed by atoms with Gasteiger partial charge in [0.2, 0.25) is 0 Å². The number of carbonyl (C=O) groups is 1. The molecule has 0 bridgehead atoms. The van der Waals surface area contributed by atoms with Gasteiger partial charge in [-0.3, -0.25) is 0 Å². The average Bonchev–Trinajstić information content (AvgIpc) is 2.78. The van der Waals surface area contributed by atoms with Crippen molar-refractivity contribution in [3.8, 4) is 5.75 Å². The van der Waals surface area contributed by atoms with Gasteiger partial charge in [-0.25, -0.2) is 4.79 Å². The SMILES string of the molecule is COC(=O)c1ccc(CNCCc2ccccc2OCCc2ccccc2)cc1. The molecule has 0 heterocycles. The molecule has 29 heavy (non-hydrogen) atoms. The van der Waals surface area contributed by atoms with Gasteiger partial charge in [0.05, 0.1) is 19.3 Å². The van der Waals surface area contributed by atoms with E-state index in [-0.39, 0.29) is 5.97 Å². The summed E-state index contributed by atoms with van der Waals surface area (Å²) < 4.78 is 10.8. The Morgan fingerprint density at radius 3 is 2.31 bits per heavy atom. The number of hydrogen-bond acceptors (Lipinski definition) is 4. The van der Waals surface area contributed by atoms with E-state index in [4.69, 9.17) is 9.47 Å². The summed E-state index contributed by atoms with van der Waals surface area (Å²) >= 11 is 0. The molecule has 150 valence electrons. The van der Waals surface area contributed by atoms with Crippen molar-refractivity contribution in [3.05, 3.63) is 101 Å². The highest BCUT2D eigenvalue weighted by atomic mass is 16.5. The Kier molecular flexibility index (Phi) is 7.84. The van der Waals surface area contributed by atoms with E-state index in [1.54, 1.807) is 12.1 Å². The Morgan fingerprint density at radius 2 is 1.55 bits per heavy atom. The first-order valence-electron chi connectivity index (χ1n) is 9.89. The van der Waals surface area contributed by atoms with Crippen LogP contribution >= 0.6 is 0 Å². The van der Waals surface area contributed by atoms with Crippen molar-refractivity contribution in [2.75, 3.05) is 20.3 Å². The van der Waals surface area contributed by atoms with Crippen molar-refractivity contribution >= 4 is 5.97 Å². The second kappa shape index (κ2) is 11.0. The molecular formula is C25H27NO3. The maximum absolute atomic E-state index is 11.5. The van der Waals surface area contributed by atoms with Crippen LogP contribution in [0.3, 0.4) is 0 Å². The van der Waals surface area contributed by atoms with Crippen LogP contribution in [0.4, 0.5) is 0 Å². The lowest BCUT2D eigenvalue weighted by Gasteiger charge is -2.12. The minimum Gasteiger partial charge on any atom is -0.493 e. The van der Waals surface area contributed by atoms with Gasteiger partial charge in [-0.1, -0.05) is 60.7 Å². The monoisotopic (exact) mass is 389 g/mol. The minimum absolute atomic E-state index is 0.312. The zero-order valence-electron chi connectivity index (χ0n) is 16.8. The molecule has 0 atom stereocenters. The Morgan fingerprint density at radius 1 is 0.828 bits per heavy atom. The number of nitrogens with one attached hydrogen (secondary N) is 1. The van der Waals surface area contributed by atoms with Crippen LogP contribution in [0.2, 0.25) is 0 Å². The number of esters is 1. The van der Waals surface area contributed by atoms with Crippen molar-refractivity contribution in [2.24, 2.45) is 0 Å². The minimum atomic E-state index is -0.312. The number of carbonyl (C=O) groups excluding carboxylic acids is 1. The Bertz CT molecular complexity index is 891. The third kappa shape index (κ3) is 6.47. The normalized spacial score (nSPS) is 10.5. The molecule has 0 saturated heterocycles. The van der Waals surface area contributed by atoms with Gasteiger partial charge in [0.15, 0.2) is 0 Å². The number of hydrogen-bond donors (Lipinski definition) is 1. The third-order valence-corrected chi connectivity index (χ3v) is 4.74. The van der Waals surface area contributed by atoms with Gasteiger partial charge in [0, 0.05) is 13.0 Å². The number of para-hydroxylation sites is 1. The molecule has 0 amide bonds. The molecule has 0 fully saturated rings. The summed E-state index contributed by atoms with van der Waals surface area (Å²) in [4.78, 5) is 11.5. The molecule has 0 radical (unpaired) electrons. The van der Waals surface area contributed by atoms with E-state index in [1.807, 2.05) is 36.4 Å². The molecule has 0 aliphatic rings. The Labute approximate surface area is 172 Å². The highest BCUT2D eigenvalue weighted by molar-refractivity contribution is 5.89. The molecule has 1 N–H and O–H groups in total. The summed E-state index contributed by atoms with van der Waals surface area (Å²) in [6.45, 7) is 2.26. The van der Waals surface area contributed by atoms with Crippen molar-refractivity contribution in [1.29, 1.82) is 0 Å². The van der Waals surface area contributed by atoms with Crippen LogP contribution in [0.15, 0.2) is 78.9 Å². The van der Waals surface area contributed by atoms with E-state index < -0.39 is 0 Å². The first-order chi connectivity index (χ1) is 14.3. The molecule has 0 unspecified atom stereocenters. The third-order valence-electron chi connectivity index (χ3n) is 4.74. The largest absolute Gasteiger partial charge is 0.493 e. The molecular weight excluding hydrogens is 362 g/mol. The van der Waals surface area contributed by atoms with Gasteiger partial charge in [-0.2, -0.15) is 0 Å². The van der Waals surface area contributed by atoms with E-state index in [0.29, 0.717) is 12.2 Å². The lowest BCUT2D eigenvalue weighted by atomic mass is 10.1. The van der Waals surface area contributed by atoms with Crippen LogP contribution in [-0.2, 0) is 24.1 Å². The standard InChI is InChI=1S/C25H27NO3/c1-28-25(27)23-13-11-21(12-14-23)19-26-17-15-22-9-5-6-10-24(22)29-18-16-20-7-3-2-4-8-20/h2-14,26H,15-19H2,1H3. The first-order valence-corrected chi connectivity index (χ1v) is 9.89. The maximum atomic E-state index is 11.5. The molecule has 0 aliphatic heterocycles. The fraction of sp³-hybridized carbons (Fsp3) is 0.240. The number of rotatable bonds is 10. The summed E-state index contributed by atoms with van der Waals surface area (Å²) in [5.41, 5.74) is 4.18. The summed E-state index contributed by atoms with van der Waals surface area (Å²) in [7, 11) is 1.39. The Hall–Kier alpha value is -3.11. The van der Waals surface area contributed by atoms with Crippen LogP contribution < -0.4 is 10.1 Å². The zero-order valence-corrected chi connectivity index (χ0v) is 16.8. The van der Waals surface area contributed by atoms with E-state index in [2.05, 4.69) is 35.6 Å². The summed E-state index contributed by atoms with van der Waals surface area (Å²) in [5.74, 6) is 0.640. The highest BCUT2D eigenvalue weighted by Crippen LogP contribution is 2.18. The lowest BCUT2D eigenvalue weighted by molar-refractivity contribution is 0.0600. The quantitative estimate of drug-likeness (QED) is 0.412. The smallest absolute Gasteiger partial charge is 0.337 e. The van der Waals surface area contributed by atoms with Crippen LogP contribution in [0, 0.1) is 0 Å². The van der Waals surface area contributed by atoms with Crippen molar-refractivity contribution in [3.63, 3.8) is 0 Å². The molecule has 0 aromatic heterocycles. The van der Waals surface area contributed by atoms with Crippen LogP contribution in [0.1, 0.15) is 27.0 Å². The number of ether oxygens (including phenoxy) is 2. The molecule has 0 spiro atoms. The molecule has 3 aromatic carbocycles. The van der Waals surface area contributed by atoms with Gasteiger partial charge in [-0.05, 0) is 47.9 Å². The zero-order chi connectivity index (χ0) is 20.3. The topological polar surface area (TPSA) is 47.6 Å². The average molecular weight is 389 g/mol. The molecule has 0 saturated carbocycles. The number of benzene rings is 3. The van der Waals surface area contributed by atoms with E-state index in [1.165, 1.54) is 18.2 Å². The van der Waals surface area contributed by atoms with E-state index >= 15 is 0 Å². The molecule has 4 nitrogen and oxygen atoms in total. The molecule has 3 rings (SSSR count). The maximum Gasteiger partial charge on any atom is 0.337 e. The summed E-state index contributed by atoms with van der Waals surface area (Å²) in [5, 5.41) is 3.45. The second-order valence-electron chi connectivity index (χ2n) is 6.81. The van der Waals surface area contributed by atoms with Crippen molar-refractivity contribution in [2.45, 2.75) is 19.4 Å². The van der Waals surface area contributed by atoms with Crippen molar-refractivity contribution < 1.29 is 14.3 Å². The van der Waals surface area contributed by atoms with Crippen LogP contribution in [-0.4, -0.2) is 26.2 Å². The summed E-state index contributed by atoms with van der Waals surface area (Å²) in [6, 6.07) is 26.1. The Balaban J connectivity index is 1.44. The fourth-order valence-corrected chi connectivity index (χ4v) is 3.11. The van der Waals surface area contributed by atoms with Gasteiger partial charge in [-0.15, -0.1) is 0 Å². The van der Waals surface area contributed by atoms with E-state index in [0.717, 1.165) is 37.2 Å². The van der Waals surface area contributed by atoms with Gasteiger partial charge >= 0.3 is 5.97 Å². The summed E-state index contributed by atoms with van der Waals surface area (Å²) in [6.07, 6.45) is 1.79. The molecule has 0 aliphatic carbocycles. The lowest BCUT2D eigenvalue weighted by Crippen LogP contribution is -2.17. The molecule has 3 aromatic rings. The van der Waals surface area contributed by atoms with E-state index in [9.17, 15) is 4.79 Å². The van der Waals surface area contributed by atoms with Crippen LogP contribution in [0.5, 0.6) is 5.75 Å². The van der Waals surface area contributed by atoms with Gasteiger partial charge in [0.25, 0.3) is 0 Å². The second-order valence-corrected chi connectivity index (χ2v) is 6.81. The first kappa shape index (κ1) is 20.6. The predicted octanol–water partition coefficient (Wildman–Crippen LogP) is 4.43. The predicted molar refractivity (Wildman–Crippen MR) is 115 cm³/mol. The van der Waals surface area contributed by atoms with Crippen molar-refractivity contribution in [1.82, 2.24) is 5.32 Å². The van der Waals surface area contributed by atoms with Crippen LogP contribution in [0.25, 0.3) is 0 Å². The molecule has 4 heteroatoms. The van der Waals surface area contributed by atoms with Gasteiger partial charge < -0.3 is 14.8 Å². The van der Waals surface area contributed by atoms with Gasteiger partial charge in [0.1, 0.15) is 5.75 Å². The fourth-order valence-electron chi connectivity index (χ4n) is 3.11. The number of methoxy groups -OCH3 is 1.